The number of aryl methyl sites for hydroxylation is 1. The van der Waals surface area contributed by atoms with Gasteiger partial charge in [-0.3, -0.25) is 0 Å². The third kappa shape index (κ3) is 2.06. The van der Waals surface area contributed by atoms with Crippen LogP contribution >= 0.6 is 0 Å². The molecular weight excluding hydrogens is 176 g/mol. The molecule has 0 saturated heterocycles. The Morgan fingerprint density at radius 3 is 2.57 bits per heavy atom. The molecule has 0 aliphatic carbocycles. The minimum Gasteiger partial charge on any atom is -0.387 e. The molecule has 0 radical (unpaired) electrons. The molecule has 1 unspecified atom stereocenters. The average Bonchev–Trinajstić information content (AvgIpc) is 2.87. The Morgan fingerprint density at radius 2 is 1.93 bits per heavy atom. The van der Waals surface area contributed by atoms with Crippen LogP contribution in [0, 0.1) is 0 Å². The molecule has 2 heterocycles. The third-order valence-electron chi connectivity index (χ3n) is 2.33. The van der Waals surface area contributed by atoms with Gasteiger partial charge in [0.25, 0.3) is 0 Å². The second-order valence-corrected chi connectivity index (χ2v) is 3.38. The van der Waals surface area contributed by atoms with Crippen molar-refractivity contribution in [1.29, 1.82) is 0 Å². The molecule has 0 aliphatic rings. The van der Waals surface area contributed by atoms with E-state index in [1.54, 1.807) is 0 Å². The van der Waals surface area contributed by atoms with Crippen LogP contribution < -0.4 is 0 Å². The highest BCUT2D eigenvalue weighted by Gasteiger charge is 2.07. The van der Waals surface area contributed by atoms with Crippen LogP contribution in [-0.4, -0.2) is 15.1 Å². The highest BCUT2D eigenvalue weighted by atomic mass is 16.3. The highest BCUT2D eigenvalue weighted by Crippen LogP contribution is 2.16. The number of aromatic amines is 2. The number of aromatic nitrogens is 2. The zero-order valence-corrected chi connectivity index (χ0v) is 7.90. The fourth-order valence-electron chi connectivity index (χ4n) is 1.52. The summed E-state index contributed by atoms with van der Waals surface area (Å²) in [6.07, 6.45) is 4.94. The van der Waals surface area contributed by atoms with Crippen molar-refractivity contribution in [2.24, 2.45) is 0 Å². The summed E-state index contributed by atoms with van der Waals surface area (Å²) in [4.78, 5) is 6.12. The Bertz CT molecular complexity index is 351. The lowest BCUT2D eigenvalue weighted by Crippen LogP contribution is -1.99. The van der Waals surface area contributed by atoms with Crippen molar-refractivity contribution in [2.75, 3.05) is 0 Å². The zero-order valence-electron chi connectivity index (χ0n) is 7.90. The second kappa shape index (κ2) is 4.15. The molecule has 2 aromatic rings. The summed E-state index contributed by atoms with van der Waals surface area (Å²) < 4.78 is 0. The van der Waals surface area contributed by atoms with Crippen molar-refractivity contribution in [2.45, 2.75) is 18.9 Å². The quantitative estimate of drug-likeness (QED) is 0.678. The van der Waals surface area contributed by atoms with Gasteiger partial charge < -0.3 is 15.1 Å². The minimum atomic E-state index is -0.395. The van der Waals surface area contributed by atoms with E-state index in [1.807, 2.05) is 36.7 Å². The average molecular weight is 190 g/mol. The molecule has 0 aliphatic heterocycles. The molecule has 0 aromatic carbocycles. The largest absolute Gasteiger partial charge is 0.387 e. The molecule has 0 bridgehead atoms. The summed E-state index contributed by atoms with van der Waals surface area (Å²) in [5, 5.41) is 9.76. The van der Waals surface area contributed by atoms with E-state index in [2.05, 4.69) is 9.97 Å². The number of aliphatic hydroxyl groups excluding tert-OH is 1. The highest BCUT2D eigenvalue weighted by molar-refractivity contribution is 5.09. The first-order chi connectivity index (χ1) is 6.86. The van der Waals surface area contributed by atoms with Crippen molar-refractivity contribution in [3.8, 4) is 0 Å². The maximum absolute atomic E-state index is 9.76. The van der Waals surface area contributed by atoms with Crippen molar-refractivity contribution in [1.82, 2.24) is 9.97 Å². The van der Waals surface area contributed by atoms with E-state index in [9.17, 15) is 5.11 Å². The smallest absolute Gasteiger partial charge is 0.0941 e. The van der Waals surface area contributed by atoms with Crippen LogP contribution in [0.3, 0.4) is 0 Å². The Balaban J connectivity index is 1.87. The number of nitrogens with one attached hydrogen (secondary N) is 2. The van der Waals surface area contributed by atoms with E-state index < -0.39 is 6.10 Å². The lowest BCUT2D eigenvalue weighted by molar-refractivity contribution is 0.163. The molecule has 3 N–H and O–H groups in total. The molecule has 74 valence electrons. The van der Waals surface area contributed by atoms with E-state index in [-0.39, 0.29) is 0 Å². The Morgan fingerprint density at radius 1 is 1.14 bits per heavy atom. The van der Waals surface area contributed by atoms with E-state index in [1.165, 1.54) is 0 Å². The van der Waals surface area contributed by atoms with Gasteiger partial charge in [-0.25, -0.2) is 0 Å². The van der Waals surface area contributed by atoms with E-state index in [4.69, 9.17) is 0 Å². The summed E-state index contributed by atoms with van der Waals surface area (Å²) in [7, 11) is 0. The maximum atomic E-state index is 9.76. The lowest BCUT2D eigenvalue weighted by atomic mass is 10.1. The van der Waals surface area contributed by atoms with Gasteiger partial charge >= 0.3 is 0 Å². The molecule has 0 saturated carbocycles. The SMILES string of the molecule is OC(CCc1ccc[nH]1)c1ccc[nH]1. The van der Waals surface area contributed by atoms with Gasteiger partial charge in [0.15, 0.2) is 0 Å². The van der Waals surface area contributed by atoms with Crippen LogP contribution in [0.15, 0.2) is 36.7 Å². The second-order valence-electron chi connectivity index (χ2n) is 3.38. The van der Waals surface area contributed by atoms with Gasteiger partial charge in [-0.2, -0.15) is 0 Å². The van der Waals surface area contributed by atoms with Crippen LogP contribution in [0.25, 0.3) is 0 Å². The van der Waals surface area contributed by atoms with Gasteiger partial charge in [-0.15, -0.1) is 0 Å². The zero-order chi connectivity index (χ0) is 9.80. The third-order valence-corrected chi connectivity index (χ3v) is 2.33. The predicted molar refractivity (Wildman–Crippen MR) is 54.9 cm³/mol. The van der Waals surface area contributed by atoms with Gasteiger partial charge in [0, 0.05) is 23.8 Å². The van der Waals surface area contributed by atoms with E-state index in [0.717, 1.165) is 24.2 Å². The molecule has 3 nitrogen and oxygen atoms in total. The number of rotatable bonds is 4. The summed E-state index contributed by atoms with van der Waals surface area (Å²) in [5.74, 6) is 0. The first kappa shape index (κ1) is 9.09. The number of H-pyrrole nitrogens is 2. The standard InChI is InChI=1S/C11H14N2O/c14-11(10-4-2-8-13-10)6-5-9-3-1-7-12-9/h1-4,7-8,11-14H,5-6H2. The van der Waals surface area contributed by atoms with Crippen molar-refractivity contribution in [3.63, 3.8) is 0 Å². The molecular formula is C11H14N2O. The van der Waals surface area contributed by atoms with Crippen LogP contribution in [0.4, 0.5) is 0 Å². The molecule has 0 amide bonds. The fourth-order valence-corrected chi connectivity index (χ4v) is 1.52. The number of hydrogen-bond acceptors (Lipinski definition) is 1. The van der Waals surface area contributed by atoms with Gasteiger partial charge in [0.2, 0.25) is 0 Å². The molecule has 0 spiro atoms. The van der Waals surface area contributed by atoms with Gasteiger partial charge in [-0.05, 0) is 37.1 Å². The lowest BCUT2D eigenvalue weighted by Gasteiger charge is -2.07. The van der Waals surface area contributed by atoms with E-state index >= 15 is 0 Å². The van der Waals surface area contributed by atoms with Crippen molar-refractivity contribution < 1.29 is 5.11 Å². The molecule has 2 rings (SSSR count). The molecule has 1 atom stereocenters. The van der Waals surface area contributed by atoms with Gasteiger partial charge in [0.1, 0.15) is 0 Å². The normalized spacial score (nSPS) is 12.9. The Kier molecular flexibility index (Phi) is 2.70. The summed E-state index contributed by atoms with van der Waals surface area (Å²) in [6.45, 7) is 0. The molecule has 0 fully saturated rings. The van der Waals surface area contributed by atoms with Crippen LogP contribution in [0.2, 0.25) is 0 Å². The number of aliphatic hydroxyl groups is 1. The van der Waals surface area contributed by atoms with Crippen LogP contribution in [0.1, 0.15) is 23.9 Å². The first-order valence-corrected chi connectivity index (χ1v) is 4.80. The van der Waals surface area contributed by atoms with E-state index in [0.29, 0.717) is 0 Å². The Hall–Kier alpha value is -1.48. The van der Waals surface area contributed by atoms with Gasteiger partial charge in [0.05, 0.1) is 6.10 Å². The summed E-state index contributed by atoms with van der Waals surface area (Å²) in [6, 6.07) is 7.80. The van der Waals surface area contributed by atoms with Crippen LogP contribution in [-0.2, 0) is 6.42 Å². The van der Waals surface area contributed by atoms with Crippen molar-refractivity contribution in [3.05, 3.63) is 48.0 Å². The minimum absolute atomic E-state index is 0.395. The van der Waals surface area contributed by atoms with Crippen molar-refractivity contribution >= 4 is 0 Å². The monoisotopic (exact) mass is 190 g/mol. The summed E-state index contributed by atoms with van der Waals surface area (Å²) in [5.41, 5.74) is 2.05. The first-order valence-electron chi connectivity index (χ1n) is 4.80. The molecule has 14 heavy (non-hydrogen) atoms. The molecule has 3 heteroatoms. The van der Waals surface area contributed by atoms with Crippen LogP contribution in [0.5, 0.6) is 0 Å². The predicted octanol–water partition coefficient (Wildman–Crippen LogP) is 2.01. The maximum Gasteiger partial charge on any atom is 0.0941 e. The number of hydrogen-bond donors (Lipinski definition) is 3. The van der Waals surface area contributed by atoms with Gasteiger partial charge in [-0.1, -0.05) is 0 Å². The fraction of sp³-hybridized carbons (Fsp3) is 0.273. The topological polar surface area (TPSA) is 51.8 Å². The molecule has 2 aromatic heterocycles. The summed E-state index contributed by atoms with van der Waals surface area (Å²) >= 11 is 0. The Labute approximate surface area is 82.8 Å².